The summed E-state index contributed by atoms with van der Waals surface area (Å²) in [5, 5.41) is 6.45. The number of nitrogens with zero attached hydrogens (tertiary/aromatic N) is 1. The number of methoxy groups -OCH3 is 2. The van der Waals surface area contributed by atoms with Gasteiger partial charge in [0.1, 0.15) is 18.1 Å². The Kier molecular flexibility index (Phi) is 8.84. The van der Waals surface area contributed by atoms with Gasteiger partial charge >= 0.3 is 0 Å². The van der Waals surface area contributed by atoms with Gasteiger partial charge < -0.3 is 18.9 Å². The topological polar surface area (TPSA) is 78.4 Å². The average molecular weight is 610 g/mol. The van der Waals surface area contributed by atoms with Gasteiger partial charge in [0, 0.05) is 6.07 Å². The lowest BCUT2D eigenvalue weighted by Gasteiger charge is -2.15. The largest absolute Gasteiger partial charge is 0.497 e. The lowest BCUT2D eigenvalue weighted by Crippen LogP contribution is -2.18. The molecule has 1 amide bonds. The fourth-order valence-corrected chi connectivity index (χ4v) is 4.63. The second-order valence-electron chi connectivity index (χ2n) is 7.96. The van der Waals surface area contributed by atoms with Gasteiger partial charge in [-0.15, -0.1) is 0 Å². The van der Waals surface area contributed by atoms with E-state index in [1.807, 2.05) is 37.3 Å². The molecule has 0 heterocycles. The summed E-state index contributed by atoms with van der Waals surface area (Å²) in [7, 11) is 3.05. The molecule has 0 aliphatic rings. The van der Waals surface area contributed by atoms with Crippen LogP contribution in [0.15, 0.2) is 77.9 Å². The zero-order chi connectivity index (χ0) is 26.2. The van der Waals surface area contributed by atoms with Crippen LogP contribution in [0.3, 0.4) is 0 Å². The Labute approximate surface area is 229 Å². The molecule has 4 aromatic carbocycles. The predicted octanol–water partition coefficient (Wildman–Crippen LogP) is 6.20. The molecule has 0 unspecified atom stereocenters. The fourth-order valence-electron chi connectivity index (χ4n) is 3.85. The van der Waals surface area contributed by atoms with Gasteiger partial charge in [-0.1, -0.05) is 42.5 Å². The summed E-state index contributed by atoms with van der Waals surface area (Å²) in [5.74, 6) is 1.87. The Bertz CT molecular complexity index is 1430. The first-order valence-electron chi connectivity index (χ1n) is 11.6. The van der Waals surface area contributed by atoms with Crippen LogP contribution in [-0.4, -0.2) is 32.9 Å². The second-order valence-corrected chi connectivity index (χ2v) is 9.12. The van der Waals surface area contributed by atoms with Crippen LogP contribution in [0, 0.1) is 3.57 Å². The summed E-state index contributed by atoms with van der Waals surface area (Å²) in [5.41, 5.74) is 4.75. The highest BCUT2D eigenvalue weighted by molar-refractivity contribution is 14.1. The molecule has 1 N–H and O–H groups in total. The smallest absolute Gasteiger partial charge is 0.275 e. The maximum absolute atomic E-state index is 12.6. The molecule has 0 aromatic heterocycles. The minimum atomic E-state index is -0.398. The minimum Gasteiger partial charge on any atom is -0.497 e. The van der Waals surface area contributed by atoms with E-state index in [2.05, 4.69) is 57.4 Å². The molecule has 190 valence electrons. The number of benzene rings is 4. The number of fused-ring (bicyclic) bond motifs is 1. The van der Waals surface area contributed by atoms with Crippen molar-refractivity contribution in [3.05, 3.63) is 93.1 Å². The number of halogens is 1. The van der Waals surface area contributed by atoms with Gasteiger partial charge in [0.05, 0.1) is 36.2 Å². The predicted molar refractivity (Wildman–Crippen MR) is 153 cm³/mol. The number of ether oxygens (including phenoxy) is 4. The molecule has 8 heteroatoms. The zero-order valence-electron chi connectivity index (χ0n) is 20.8. The quantitative estimate of drug-likeness (QED) is 0.131. The highest BCUT2D eigenvalue weighted by atomic mass is 127. The number of hydrazone groups is 1. The van der Waals surface area contributed by atoms with Gasteiger partial charge in [-0.3, -0.25) is 4.79 Å². The third kappa shape index (κ3) is 6.32. The van der Waals surface area contributed by atoms with Gasteiger partial charge in [0.25, 0.3) is 5.91 Å². The molecule has 4 rings (SSSR count). The Morgan fingerprint density at radius 3 is 2.54 bits per heavy atom. The van der Waals surface area contributed by atoms with Crippen molar-refractivity contribution in [3.8, 4) is 23.0 Å². The van der Waals surface area contributed by atoms with Crippen molar-refractivity contribution >= 4 is 45.5 Å². The van der Waals surface area contributed by atoms with Gasteiger partial charge in [0.2, 0.25) is 0 Å². The molecule has 0 aliphatic heterocycles. The number of hydrogen-bond acceptors (Lipinski definition) is 6. The minimum absolute atomic E-state index is 0.349. The number of hydrogen-bond donors (Lipinski definition) is 1. The molecule has 0 atom stereocenters. The van der Waals surface area contributed by atoms with E-state index in [0.29, 0.717) is 41.8 Å². The average Bonchev–Trinajstić information content (AvgIpc) is 2.92. The summed E-state index contributed by atoms with van der Waals surface area (Å²) < 4.78 is 23.5. The Balaban J connectivity index is 1.50. The number of carbonyl (C=O) groups is 1. The fraction of sp³-hybridized carbons (Fsp3) is 0.172. The summed E-state index contributed by atoms with van der Waals surface area (Å²) in [6.07, 6.45) is 1.56. The number of amides is 1. The van der Waals surface area contributed by atoms with Crippen LogP contribution in [0.2, 0.25) is 0 Å². The molecular formula is C29H27IN2O5. The lowest BCUT2D eigenvalue weighted by atomic mass is 10.1. The SMILES string of the molecule is CCOc1cc(/C=N\NC(=O)c2ccc(OC)cc2OC)cc(I)c1OCc1cccc2ccccc12. The van der Waals surface area contributed by atoms with Crippen molar-refractivity contribution in [2.45, 2.75) is 13.5 Å². The highest BCUT2D eigenvalue weighted by Gasteiger charge is 2.14. The van der Waals surface area contributed by atoms with E-state index in [1.54, 1.807) is 31.5 Å². The maximum Gasteiger partial charge on any atom is 0.275 e. The first kappa shape index (κ1) is 26.3. The van der Waals surface area contributed by atoms with Crippen molar-refractivity contribution < 1.29 is 23.7 Å². The van der Waals surface area contributed by atoms with Crippen LogP contribution in [0.25, 0.3) is 10.8 Å². The van der Waals surface area contributed by atoms with Crippen LogP contribution >= 0.6 is 22.6 Å². The number of rotatable bonds is 10. The van der Waals surface area contributed by atoms with Crippen molar-refractivity contribution in [1.29, 1.82) is 0 Å². The Morgan fingerprint density at radius 1 is 0.946 bits per heavy atom. The van der Waals surface area contributed by atoms with Crippen molar-refractivity contribution in [2.24, 2.45) is 5.10 Å². The molecular weight excluding hydrogens is 583 g/mol. The van der Waals surface area contributed by atoms with Gasteiger partial charge in [-0.25, -0.2) is 5.43 Å². The first-order chi connectivity index (χ1) is 18.0. The van der Waals surface area contributed by atoms with Crippen molar-refractivity contribution in [3.63, 3.8) is 0 Å². The third-order valence-corrected chi connectivity index (χ3v) is 6.42. The molecule has 0 saturated carbocycles. The summed E-state index contributed by atoms with van der Waals surface area (Å²) in [4.78, 5) is 12.6. The summed E-state index contributed by atoms with van der Waals surface area (Å²) in [6, 6.07) is 23.1. The van der Waals surface area contributed by atoms with E-state index in [4.69, 9.17) is 18.9 Å². The van der Waals surface area contributed by atoms with Crippen LogP contribution in [0.1, 0.15) is 28.4 Å². The lowest BCUT2D eigenvalue weighted by molar-refractivity contribution is 0.0952. The first-order valence-corrected chi connectivity index (χ1v) is 12.7. The van der Waals surface area contributed by atoms with Gasteiger partial charge in [0.15, 0.2) is 11.5 Å². The molecule has 0 saturated heterocycles. The highest BCUT2D eigenvalue weighted by Crippen LogP contribution is 2.35. The summed E-state index contributed by atoms with van der Waals surface area (Å²) in [6.45, 7) is 2.81. The van der Waals surface area contributed by atoms with Gasteiger partial charge in [-0.2, -0.15) is 5.10 Å². The van der Waals surface area contributed by atoms with Crippen molar-refractivity contribution in [2.75, 3.05) is 20.8 Å². The van der Waals surface area contributed by atoms with Crippen LogP contribution in [0.4, 0.5) is 0 Å². The summed E-state index contributed by atoms with van der Waals surface area (Å²) >= 11 is 2.22. The Hall–Kier alpha value is -3.79. The second kappa shape index (κ2) is 12.4. The van der Waals surface area contributed by atoms with Crippen LogP contribution < -0.4 is 24.4 Å². The molecule has 7 nitrogen and oxygen atoms in total. The normalized spacial score (nSPS) is 10.9. The molecule has 0 fully saturated rings. The molecule has 0 radical (unpaired) electrons. The van der Waals surface area contributed by atoms with E-state index >= 15 is 0 Å². The van der Waals surface area contributed by atoms with Crippen molar-refractivity contribution in [1.82, 2.24) is 5.43 Å². The molecule has 37 heavy (non-hydrogen) atoms. The van der Waals surface area contributed by atoms with Crippen LogP contribution in [-0.2, 0) is 6.61 Å². The van der Waals surface area contributed by atoms with Crippen LogP contribution in [0.5, 0.6) is 23.0 Å². The molecule has 0 spiro atoms. The monoisotopic (exact) mass is 610 g/mol. The van der Waals surface area contributed by atoms with E-state index in [9.17, 15) is 4.79 Å². The Morgan fingerprint density at radius 2 is 1.76 bits per heavy atom. The van der Waals surface area contributed by atoms with E-state index in [0.717, 1.165) is 20.1 Å². The zero-order valence-corrected chi connectivity index (χ0v) is 22.9. The third-order valence-electron chi connectivity index (χ3n) is 5.62. The maximum atomic E-state index is 12.6. The molecule has 4 aromatic rings. The standard InChI is InChI=1S/C29H27IN2O5/c1-4-36-27-15-19(17-31-32-29(33)24-13-12-22(34-2)16-26(24)35-3)14-25(30)28(27)37-18-21-10-7-9-20-8-5-6-11-23(20)21/h5-17H,4,18H2,1-3H3,(H,32,33)/b31-17-. The number of nitrogens with one attached hydrogen (secondary N) is 1. The van der Waals surface area contributed by atoms with Gasteiger partial charge in [-0.05, 0) is 75.7 Å². The van der Waals surface area contributed by atoms with E-state index in [1.165, 1.54) is 12.5 Å². The van der Waals surface area contributed by atoms with E-state index in [-0.39, 0.29) is 0 Å². The molecule has 0 aliphatic carbocycles. The van der Waals surface area contributed by atoms with E-state index < -0.39 is 5.91 Å². The molecule has 0 bridgehead atoms. The number of carbonyl (C=O) groups excluding carboxylic acids is 1.